The summed E-state index contributed by atoms with van der Waals surface area (Å²) in [6.07, 6.45) is 1.41. The lowest BCUT2D eigenvalue weighted by Crippen LogP contribution is -2.25. The van der Waals surface area contributed by atoms with Crippen LogP contribution in [0.4, 0.5) is 11.8 Å². The Balaban J connectivity index is 1.43. The number of nitrogens with one attached hydrogen (secondary N) is 2. The lowest BCUT2D eigenvalue weighted by atomic mass is 10.1. The molecule has 0 unspecified atom stereocenters. The highest BCUT2D eigenvalue weighted by atomic mass is 16.1. The fraction of sp³-hybridized carbons (Fsp3) is 0.125. The van der Waals surface area contributed by atoms with Gasteiger partial charge in [-0.05, 0) is 54.6 Å². The minimum Gasteiger partial charge on any atom is -0.383 e. The number of nitrogens with two attached hydrogens (primary N) is 1. The summed E-state index contributed by atoms with van der Waals surface area (Å²) in [4.78, 5) is 42.0. The van der Waals surface area contributed by atoms with E-state index in [9.17, 15) is 9.59 Å². The fourth-order valence-corrected chi connectivity index (χ4v) is 5.66. The van der Waals surface area contributed by atoms with Crippen LogP contribution in [0, 0.1) is 13.8 Å². The number of rotatable bonds is 5. The molecule has 0 spiro atoms. The van der Waals surface area contributed by atoms with Gasteiger partial charge in [-0.15, -0.1) is 0 Å². The number of amides is 1. The van der Waals surface area contributed by atoms with Crippen molar-refractivity contribution in [2.24, 2.45) is 0 Å². The number of benzene rings is 3. The molecule has 4 heterocycles. The van der Waals surface area contributed by atoms with Crippen molar-refractivity contribution < 1.29 is 4.79 Å². The molecule has 0 aliphatic rings. The number of nitrogens with zero attached hydrogens (tertiary/aromatic N) is 6. The van der Waals surface area contributed by atoms with Crippen LogP contribution < -0.4 is 16.6 Å². The van der Waals surface area contributed by atoms with Gasteiger partial charge < -0.3 is 10.7 Å². The van der Waals surface area contributed by atoms with Crippen molar-refractivity contribution in [3.8, 4) is 16.9 Å². The minimum absolute atomic E-state index is 0.0922. The fourth-order valence-electron chi connectivity index (χ4n) is 5.66. The Bertz CT molecular complexity index is 2290. The van der Waals surface area contributed by atoms with Crippen LogP contribution in [0.2, 0.25) is 0 Å². The summed E-state index contributed by atoms with van der Waals surface area (Å²) in [7, 11) is 0. The molecule has 0 aliphatic heterocycles. The number of hydrogen-bond donors (Lipinski definition) is 3. The SMILES string of the molecule is CC(=O)Nc1nc2ccc(-c3nn(Cc4cc5cccc(C)c5c(=O)n4-c4ccccc4C)c4ncnc(N)c34)cc2[nH]1. The van der Waals surface area contributed by atoms with E-state index in [-0.39, 0.29) is 18.0 Å². The molecule has 7 rings (SSSR count). The van der Waals surface area contributed by atoms with Gasteiger partial charge in [-0.3, -0.25) is 19.5 Å². The molecular formula is C32H27N9O2. The molecule has 43 heavy (non-hydrogen) atoms. The lowest BCUT2D eigenvalue weighted by Gasteiger charge is -2.17. The third-order valence-corrected chi connectivity index (χ3v) is 7.61. The van der Waals surface area contributed by atoms with Gasteiger partial charge in [-0.2, -0.15) is 5.10 Å². The number of nitrogen functional groups attached to an aromatic ring is 1. The van der Waals surface area contributed by atoms with Crippen LogP contribution in [0.3, 0.4) is 0 Å². The standard InChI is InChI=1S/C32H27N9O2/c1-17-7-4-5-10-25(17)41-22(13-20-9-6-8-18(2)26(20)31(41)43)15-40-30-27(29(33)34-16-35-30)28(39-40)21-11-12-23-24(14-21)38-32(37-23)36-19(3)42/h4-14,16H,15H2,1-3H3,(H2,33,34,35)(H2,36,37,38,42). The first-order chi connectivity index (χ1) is 20.8. The summed E-state index contributed by atoms with van der Waals surface area (Å²) in [5, 5.41) is 9.79. The Morgan fingerprint density at radius 2 is 1.79 bits per heavy atom. The van der Waals surface area contributed by atoms with Gasteiger partial charge in [0, 0.05) is 18.2 Å². The molecule has 4 aromatic heterocycles. The number of aromatic nitrogens is 7. The molecule has 212 valence electrons. The number of carbonyl (C=O) groups excluding carboxylic acids is 1. The Hall–Kier alpha value is -5.84. The second kappa shape index (κ2) is 9.91. The summed E-state index contributed by atoms with van der Waals surface area (Å²) in [5.41, 5.74) is 13.1. The van der Waals surface area contributed by atoms with E-state index in [4.69, 9.17) is 10.8 Å². The molecule has 1 amide bonds. The summed E-state index contributed by atoms with van der Waals surface area (Å²) >= 11 is 0. The van der Waals surface area contributed by atoms with E-state index in [2.05, 4.69) is 25.3 Å². The Morgan fingerprint density at radius 3 is 2.60 bits per heavy atom. The second-order valence-electron chi connectivity index (χ2n) is 10.6. The quantitative estimate of drug-likeness (QED) is 0.267. The smallest absolute Gasteiger partial charge is 0.263 e. The molecular weight excluding hydrogens is 542 g/mol. The topological polar surface area (TPSA) is 149 Å². The Labute approximate surface area is 245 Å². The van der Waals surface area contributed by atoms with Crippen molar-refractivity contribution in [3.63, 3.8) is 0 Å². The normalized spacial score (nSPS) is 11.5. The predicted octanol–water partition coefficient (Wildman–Crippen LogP) is 4.88. The van der Waals surface area contributed by atoms with Crippen LogP contribution in [-0.4, -0.2) is 40.2 Å². The Morgan fingerprint density at radius 1 is 0.977 bits per heavy atom. The van der Waals surface area contributed by atoms with E-state index in [1.54, 1.807) is 9.25 Å². The number of H-pyrrole nitrogens is 1. The molecule has 0 saturated heterocycles. The molecule has 3 aromatic carbocycles. The van der Waals surface area contributed by atoms with Crippen LogP contribution in [0.1, 0.15) is 23.7 Å². The molecule has 0 radical (unpaired) electrons. The van der Waals surface area contributed by atoms with E-state index < -0.39 is 0 Å². The zero-order chi connectivity index (χ0) is 29.8. The average Bonchev–Trinajstić information content (AvgIpc) is 3.54. The summed E-state index contributed by atoms with van der Waals surface area (Å²) in [6.45, 7) is 5.62. The first kappa shape index (κ1) is 26.1. The zero-order valence-corrected chi connectivity index (χ0v) is 23.7. The van der Waals surface area contributed by atoms with E-state index in [1.165, 1.54) is 13.3 Å². The van der Waals surface area contributed by atoms with Crippen LogP contribution >= 0.6 is 0 Å². The van der Waals surface area contributed by atoms with E-state index >= 15 is 0 Å². The van der Waals surface area contributed by atoms with E-state index in [0.29, 0.717) is 39.4 Å². The molecule has 11 nitrogen and oxygen atoms in total. The maximum Gasteiger partial charge on any atom is 0.263 e. The largest absolute Gasteiger partial charge is 0.383 e. The van der Waals surface area contributed by atoms with Crippen molar-refractivity contribution in [2.45, 2.75) is 27.3 Å². The zero-order valence-electron chi connectivity index (χ0n) is 23.7. The van der Waals surface area contributed by atoms with Gasteiger partial charge in [0.15, 0.2) is 5.65 Å². The summed E-state index contributed by atoms with van der Waals surface area (Å²) < 4.78 is 3.52. The first-order valence-electron chi connectivity index (χ1n) is 13.7. The van der Waals surface area contributed by atoms with Crippen LogP contribution in [-0.2, 0) is 11.3 Å². The number of imidazole rings is 1. The lowest BCUT2D eigenvalue weighted by molar-refractivity contribution is -0.114. The minimum atomic E-state index is -0.220. The van der Waals surface area contributed by atoms with Crippen molar-refractivity contribution in [1.29, 1.82) is 0 Å². The van der Waals surface area contributed by atoms with Gasteiger partial charge in [0.05, 0.1) is 34.0 Å². The van der Waals surface area contributed by atoms with Gasteiger partial charge in [0.2, 0.25) is 11.9 Å². The highest BCUT2D eigenvalue weighted by Crippen LogP contribution is 2.32. The third-order valence-electron chi connectivity index (χ3n) is 7.61. The highest BCUT2D eigenvalue weighted by molar-refractivity contribution is 6.00. The maximum atomic E-state index is 14.1. The maximum absolute atomic E-state index is 14.1. The number of aryl methyl sites for hydroxylation is 2. The number of para-hydroxylation sites is 1. The average molecular weight is 570 g/mol. The van der Waals surface area contributed by atoms with Crippen molar-refractivity contribution >= 4 is 50.5 Å². The molecule has 0 bridgehead atoms. The van der Waals surface area contributed by atoms with E-state index in [0.717, 1.165) is 39.0 Å². The summed E-state index contributed by atoms with van der Waals surface area (Å²) in [6, 6.07) is 21.4. The van der Waals surface area contributed by atoms with Crippen LogP contribution in [0.25, 0.3) is 49.8 Å². The monoisotopic (exact) mass is 569 g/mol. The van der Waals surface area contributed by atoms with Gasteiger partial charge in [0.1, 0.15) is 17.8 Å². The van der Waals surface area contributed by atoms with Crippen molar-refractivity contribution in [1.82, 2.24) is 34.3 Å². The number of carbonyl (C=O) groups is 1. The predicted molar refractivity (Wildman–Crippen MR) is 167 cm³/mol. The molecule has 0 atom stereocenters. The van der Waals surface area contributed by atoms with E-state index in [1.807, 2.05) is 80.6 Å². The van der Waals surface area contributed by atoms with Crippen LogP contribution in [0.15, 0.2) is 77.9 Å². The third kappa shape index (κ3) is 4.38. The van der Waals surface area contributed by atoms with Crippen molar-refractivity contribution in [2.75, 3.05) is 11.1 Å². The molecule has 0 fully saturated rings. The molecule has 0 saturated carbocycles. The van der Waals surface area contributed by atoms with Gasteiger partial charge >= 0.3 is 0 Å². The number of aromatic amines is 1. The summed E-state index contributed by atoms with van der Waals surface area (Å²) in [5.74, 6) is 0.431. The second-order valence-corrected chi connectivity index (χ2v) is 10.6. The van der Waals surface area contributed by atoms with Gasteiger partial charge in [0.25, 0.3) is 5.56 Å². The number of hydrogen-bond acceptors (Lipinski definition) is 7. The highest BCUT2D eigenvalue weighted by Gasteiger charge is 2.21. The Kier molecular flexibility index (Phi) is 6.01. The number of pyridine rings is 1. The van der Waals surface area contributed by atoms with Gasteiger partial charge in [-0.1, -0.05) is 42.5 Å². The first-order valence-corrected chi connectivity index (χ1v) is 13.7. The number of fused-ring (bicyclic) bond motifs is 3. The van der Waals surface area contributed by atoms with Crippen molar-refractivity contribution in [3.05, 3.63) is 100 Å². The number of anilines is 2. The molecule has 4 N–H and O–H groups in total. The molecule has 0 aliphatic carbocycles. The molecule has 11 heteroatoms. The molecule has 7 aromatic rings. The van der Waals surface area contributed by atoms with Crippen LogP contribution in [0.5, 0.6) is 0 Å². The van der Waals surface area contributed by atoms with Gasteiger partial charge in [-0.25, -0.2) is 19.6 Å².